The van der Waals surface area contributed by atoms with Gasteiger partial charge in [-0.25, -0.2) is 12.7 Å². The van der Waals surface area contributed by atoms with E-state index < -0.39 is 10.0 Å². The highest BCUT2D eigenvalue weighted by atomic mass is 32.2. The molecular weight excluding hydrogens is 290 g/mol. The second-order valence-electron chi connectivity index (χ2n) is 5.75. The van der Waals surface area contributed by atoms with Crippen LogP contribution in [0.1, 0.15) is 12.8 Å². The molecule has 1 heterocycles. The first-order chi connectivity index (χ1) is 9.80. The Bertz CT molecular complexity index is 595. The molecule has 0 aliphatic carbocycles. The number of piperidine rings is 1. The largest absolute Gasteiger partial charge is 0.506 e. The van der Waals surface area contributed by atoms with Crippen molar-refractivity contribution in [3.05, 3.63) is 18.2 Å². The third kappa shape index (κ3) is 3.66. The molecule has 7 heteroatoms. The van der Waals surface area contributed by atoms with Crippen LogP contribution < -0.4 is 5.73 Å². The Labute approximate surface area is 126 Å². The number of rotatable bonds is 4. The molecule has 1 aromatic carbocycles. The third-order valence-electron chi connectivity index (χ3n) is 4.06. The van der Waals surface area contributed by atoms with Gasteiger partial charge in [0.25, 0.3) is 0 Å². The number of aromatic hydroxyl groups is 1. The monoisotopic (exact) mass is 313 g/mol. The van der Waals surface area contributed by atoms with E-state index >= 15 is 0 Å². The molecule has 2 rings (SSSR count). The maximum Gasteiger partial charge on any atom is 0.242 e. The molecule has 0 amide bonds. The quantitative estimate of drug-likeness (QED) is 0.638. The van der Waals surface area contributed by atoms with E-state index in [0.717, 1.165) is 25.9 Å². The first-order valence-corrected chi connectivity index (χ1v) is 8.48. The fourth-order valence-corrected chi connectivity index (χ4v) is 3.86. The molecule has 1 aromatic rings. The van der Waals surface area contributed by atoms with E-state index in [0.29, 0.717) is 12.5 Å². The highest BCUT2D eigenvalue weighted by molar-refractivity contribution is 7.89. The van der Waals surface area contributed by atoms with Crippen molar-refractivity contribution in [1.29, 1.82) is 0 Å². The van der Waals surface area contributed by atoms with Crippen LogP contribution in [-0.2, 0) is 10.0 Å². The summed E-state index contributed by atoms with van der Waals surface area (Å²) in [5.41, 5.74) is 5.65. The fraction of sp³-hybridized carbons (Fsp3) is 0.571. The molecule has 1 aliphatic rings. The average Bonchev–Trinajstić information content (AvgIpc) is 2.44. The Balaban J connectivity index is 2.09. The molecule has 0 atom stereocenters. The van der Waals surface area contributed by atoms with Gasteiger partial charge in [0.05, 0.1) is 10.6 Å². The van der Waals surface area contributed by atoms with Crippen molar-refractivity contribution < 1.29 is 13.5 Å². The van der Waals surface area contributed by atoms with Crippen molar-refractivity contribution in [3.8, 4) is 5.75 Å². The zero-order valence-electron chi connectivity index (χ0n) is 12.5. The summed E-state index contributed by atoms with van der Waals surface area (Å²) in [7, 11) is 0.111. The summed E-state index contributed by atoms with van der Waals surface area (Å²) in [4.78, 5) is 2.37. The zero-order chi connectivity index (χ0) is 15.6. The number of nitrogens with zero attached hydrogens (tertiary/aromatic N) is 2. The van der Waals surface area contributed by atoms with Crippen molar-refractivity contribution in [2.24, 2.45) is 5.92 Å². The second-order valence-corrected chi connectivity index (χ2v) is 7.80. The molecule has 0 unspecified atom stereocenters. The molecule has 0 aromatic heterocycles. The fourth-order valence-electron chi connectivity index (χ4n) is 2.58. The van der Waals surface area contributed by atoms with Gasteiger partial charge in [-0.1, -0.05) is 0 Å². The molecule has 0 spiro atoms. The lowest BCUT2D eigenvalue weighted by molar-refractivity contribution is 0.202. The van der Waals surface area contributed by atoms with Crippen LogP contribution >= 0.6 is 0 Å². The van der Waals surface area contributed by atoms with Crippen LogP contribution in [0, 0.1) is 5.92 Å². The molecule has 0 radical (unpaired) electrons. The normalized spacial score (nSPS) is 18.2. The van der Waals surface area contributed by atoms with E-state index in [-0.39, 0.29) is 16.3 Å². The molecule has 0 bridgehead atoms. The standard InChI is InChI=1S/C14H23N3O3S/c1-16-7-5-11(6-8-16)10-17(2)21(19,20)12-3-4-14(18)13(15)9-12/h3-4,9,11,18H,5-8,10,15H2,1-2H3. The average molecular weight is 313 g/mol. The van der Waals surface area contributed by atoms with Crippen LogP contribution in [0.3, 0.4) is 0 Å². The number of likely N-dealkylation sites (tertiary alicyclic amines) is 1. The summed E-state index contributed by atoms with van der Waals surface area (Å²) in [6, 6.07) is 3.99. The number of hydrogen-bond donors (Lipinski definition) is 2. The number of hydrogen-bond acceptors (Lipinski definition) is 5. The highest BCUT2D eigenvalue weighted by Gasteiger charge is 2.26. The van der Waals surface area contributed by atoms with Crippen molar-refractivity contribution in [1.82, 2.24) is 9.21 Å². The number of nitrogen functional groups attached to an aromatic ring is 1. The van der Waals surface area contributed by atoms with E-state index in [2.05, 4.69) is 11.9 Å². The van der Waals surface area contributed by atoms with Crippen molar-refractivity contribution >= 4 is 15.7 Å². The van der Waals surface area contributed by atoms with Crippen LogP contribution in [0.5, 0.6) is 5.75 Å². The highest BCUT2D eigenvalue weighted by Crippen LogP contribution is 2.26. The first-order valence-electron chi connectivity index (χ1n) is 7.04. The Hall–Kier alpha value is -1.31. The Morgan fingerprint density at radius 3 is 2.57 bits per heavy atom. The lowest BCUT2D eigenvalue weighted by Crippen LogP contribution is -2.37. The summed E-state index contributed by atoms with van der Waals surface area (Å²) in [5, 5.41) is 9.40. The van der Waals surface area contributed by atoms with Gasteiger partial charge >= 0.3 is 0 Å². The maximum absolute atomic E-state index is 12.5. The molecule has 118 valence electrons. The van der Waals surface area contributed by atoms with Crippen LogP contribution in [-0.4, -0.2) is 56.5 Å². The van der Waals surface area contributed by atoms with Gasteiger partial charge in [0, 0.05) is 13.6 Å². The van der Waals surface area contributed by atoms with Crippen LogP contribution in [0.15, 0.2) is 23.1 Å². The molecule has 1 aliphatic heterocycles. The topological polar surface area (TPSA) is 86.9 Å². The van der Waals surface area contributed by atoms with Gasteiger partial charge in [-0.3, -0.25) is 0 Å². The van der Waals surface area contributed by atoms with Gasteiger partial charge in [0.1, 0.15) is 5.75 Å². The first kappa shape index (κ1) is 16.1. The second kappa shape index (κ2) is 6.21. The Morgan fingerprint density at radius 1 is 1.38 bits per heavy atom. The van der Waals surface area contributed by atoms with Gasteiger partial charge in [0.2, 0.25) is 10.0 Å². The van der Waals surface area contributed by atoms with Crippen molar-refractivity contribution in [3.63, 3.8) is 0 Å². The molecule has 3 N–H and O–H groups in total. The van der Waals surface area contributed by atoms with E-state index in [4.69, 9.17) is 5.73 Å². The molecule has 0 saturated carbocycles. The molecule has 21 heavy (non-hydrogen) atoms. The van der Waals surface area contributed by atoms with Crippen LogP contribution in [0.25, 0.3) is 0 Å². The van der Waals surface area contributed by atoms with Crippen LogP contribution in [0.2, 0.25) is 0 Å². The summed E-state index contributed by atoms with van der Waals surface area (Å²) < 4.78 is 26.4. The van der Waals surface area contributed by atoms with Crippen molar-refractivity contribution in [2.45, 2.75) is 17.7 Å². The minimum absolute atomic E-state index is 0.0729. The minimum atomic E-state index is -3.56. The van der Waals surface area contributed by atoms with E-state index in [9.17, 15) is 13.5 Å². The lowest BCUT2D eigenvalue weighted by atomic mass is 9.97. The number of benzene rings is 1. The number of phenolic OH excluding ortho intramolecular Hbond substituents is 1. The predicted molar refractivity (Wildman–Crippen MR) is 82.6 cm³/mol. The van der Waals surface area contributed by atoms with Gasteiger partial charge < -0.3 is 15.7 Å². The lowest BCUT2D eigenvalue weighted by Gasteiger charge is -2.31. The van der Waals surface area contributed by atoms with Crippen LogP contribution in [0.4, 0.5) is 5.69 Å². The van der Waals surface area contributed by atoms with Gasteiger partial charge in [-0.2, -0.15) is 0 Å². The zero-order valence-corrected chi connectivity index (χ0v) is 13.3. The smallest absolute Gasteiger partial charge is 0.242 e. The summed E-state index contributed by atoms with van der Waals surface area (Å²) >= 11 is 0. The number of phenols is 1. The Morgan fingerprint density at radius 2 is 2.00 bits per heavy atom. The predicted octanol–water partition coefficient (Wildman–Crippen LogP) is 0.937. The molecule has 1 saturated heterocycles. The SMILES string of the molecule is CN1CCC(CN(C)S(=O)(=O)c2ccc(O)c(N)c2)CC1. The molecule has 1 fully saturated rings. The summed E-state index contributed by atoms with van der Waals surface area (Å²) in [6.07, 6.45) is 2.02. The summed E-state index contributed by atoms with van der Waals surface area (Å²) in [5.74, 6) is 0.280. The van der Waals surface area contributed by atoms with Gasteiger partial charge in [0.15, 0.2) is 0 Å². The summed E-state index contributed by atoms with van der Waals surface area (Å²) in [6.45, 7) is 2.52. The van der Waals surface area contributed by atoms with Gasteiger partial charge in [-0.05, 0) is 57.1 Å². The Kier molecular flexibility index (Phi) is 4.75. The minimum Gasteiger partial charge on any atom is -0.506 e. The van der Waals surface area contributed by atoms with E-state index in [1.807, 2.05) is 0 Å². The third-order valence-corrected chi connectivity index (χ3v) is 5.88. The molecular formula is C14H23N3O3S. The molecule has 6 nitrogen and oxygen atoms in total. The number of sulfonamides is 1. The van der Waals surface area contributed by atoms with E-state index in [1.165, 1.54) is 22.5 Å². The number of anilines is 1. The van der Waals surface area contributed by atoms with E-state index in [1.54, 1.807) is 7.05 Å². The van der Waals surface area contributed by atoms with Gasteiger partial charge in [-0.15, -0.1) is 0 Å². The number of nitrogens with two attached hydrogens (primary N) is 1. The van der Waals surface area contributed by atoms with Crippen molar-refractivity contribution in [2.75, 3.05) is 39.5 Å². The maximum atomic E-state index is 12.5.